The van der Waals surface area contributed by atoms with E-state index < -0.39 is 17.4 Å². The molecule has 2 amide bonds. The van der Waals surface area contributed by atoms with Gasteiger partial charge < -0.3 is 20.5 Å². The average Bonchev–Trinajstić information content (AvgIpc) is 2.93. The lowest BCUT2D eigenvalue weighted by atomic mass is 10.0. The Balaban J connectivity index is 1.82. The Hall–Kier alpha value is -1.92. The maximum absolute atomic E-state index is 11.7. The van der Waals surface area contributed by atoms with Crippen molar-refractivity contribution >= 4 is 17.5 Å². The molecule has 1 aromatic carbocycles. The third kappa shape index (κ3) is 4.27. The van der Waals surface area contributed by atoms with Crippen LogP contribution in [0.2, 0.25) is 0 Å². The van der Waals surface area contributed by atoms with E-state index in [1.54, 1.807) is 12.1 Å². The van der Waals surface area contributed by atoms with E-state index in [-0.39, 0.29) is 13.2 Å². The third-order valence-corrected chi connectivity index (χ3v) is 3.49. The monoisotopic (exact) mass is 292 g/mol. The highest BCUT2D eigenvalue weighted by atomic mass is 16.5. The number of hydrogen-bond acceptors (Lipinski definition) is 4. The van der Waals surface area contributed by atoms with E-state index in [2.05, 4.69) is 10.6 Å². The van der Waals surface area contributed by atoms with Gasteiger partial charge in [-0.15, -0.1) is 0 Å². The Morgan fingerprint density at radius 3 is 2.57 bits per heavy atom. The van der Waals surface area contributed by atoms with Gasteiger partial charge in [0.15, 0.2) is 0 Å². The molecular weight excluding hydrogens is 272 g/mol. The van der Waals surface area contributed by atoms with Crippen LogP contribution in [0.1, 0.15) is 18.9 Å². The molecule has 0 radical (unpaired) electrons. The molecule has 1 aliphatic rings. The topological polar surface area (TPSA) is 87.7 Å². The minimum absolute atomic E-state index is 0.00796. The molecule has 1 atom stereocenters. The maximum atomic E-state index is 11.7. The summed E-state index contributed by atoms with van der Waals surface area (Å²) >= 11 is 0. The highest BCUT2D eigenvalue weighted by Crippen LogP contribution is 2.16. The molecule has 1 aliphatic heterocycles. The fraction of sp³-hybridized carbons (Fsp3) is 0.467. The van der Waals surface area contributed by atoms with Crippen molar-refractivity contribution in [2.45, 2.75) is 25.4 Å². The Labute approximate surface area is 123 Å². The molecule has 3 N–H and O–H groups in total. The summed E-state index contributed by atoms with van der Waals surface area (Å²) in [5, 5.41) is 14.9. The van der Waals surface area contributed by atoms with E-state index in [1.165, 1.54) is 0 Å². The largest absolute Gasteiger partial charge is 0.386 e. The molecule has 1 heterocycles. The van der Waals surface area contributed by atoms with Crippen molar-refractivity contribution in [3.8, 4) is 0 Å². The predicted octanol–water partition coefficient (Wildman–Crippen LogP) is 0.455. The van der Waals surface area contributed by atoms with Gasteiger partial charge in [0.25, 0.3) is 0 Å². The van der Waals surface area contributed by atoms with Crippen LogP contribution in [0.5, 0.6) is 0 Å². The van der Waals surface area contributed by atoms with Crippen LogP contribution in [-0.2, 0) is 20.7 Å². The summed E-state index contributed by atoms with van der Waals surface area (Å²) in [7, 11) is 0. The lowest BCUT2D eigenvalue weighted by molar-refractivity contribution is -0.136. The van der Waals surface area contributed by atoms with Crippen LogP contribution < -0.4 is 10.6 Å². The molecule has 6 nitrogen and oxygen atoms in total. The Kier molecular flexibility index (Phi) is 4.93. The van der Waals surface area contributed by atoms with E-state index in [1.807, 2.05) is 19.1 Å². The summed E-state index contributed by atoms with van der Waals surface area (Å²) in [5.74, 6) is -1.52. The number of carbonyl (C=O) groups excluding carboxylic acids is 2. The Bertz CT molecular complexity index is 507. The van der Waals surface area contributed by atoms with Crippen LogP contribution in [0.3, 0.4) is 0 Å². The SMILES string of the molecule is CCc1ccc(NC(=O)C(=O)NC[C@]2(O)CCOC2)cc1. The summed E-state index contributed by atoms with van der Waals surface area (Å²) in [6, 6.07) is 7.29. The van der Waals surface area contributed by atoms with Gasteiger partial charge in [-0.1, -0.05) is 19.1 Å². The highest BCUT2D eigenvalue weighted by molar-refractivity contribution is 6.39. The third-order valence-electron chi connectivity index (χ3n) is 3.49. The zero-order valence-electron chi connectivity index (χ0n) is 12.0. The number of amides is 2. The molecule has 2 rings (SSSR count). The van der Waals surface area contributed by atoms with Crippen molar-refractivity contribution in [2.24, 2.45) is 0 Å². The Morgan fingerprint density at radius 1 is 1.29 bits per heavy atom. The summed E-state index contributed by atoms with van der Waals surface area (Å²) in [5.41, 5.74) is 0.648. The van der Waals surface area contributed by atoms with Crippen LogP contribution >= 0.6 is 0 Å². The molecule has 0 spiro atoms. The normalized spacial score (nSPS) is 21.0. The van der Waals surface area contributed by atoms with Gasteiger partial charge in [0.1, 0.15) is 5.60 Å². The van der Waals surface area contributed by atoms with Crippen LogP contribution in [0.15, 0.2) is 24.3 Å². The first-order valence-corrected chi connectivity index (χ1v) is 7.01. The second-order valence-corrected chi connectivity index (χ2v) is 5.21. The van der Waals surface area contributed by atoms with E-state index in [9.17, 15) is 14.7 Å². The summed E-state index contributed by atoms with van der Waals surface area (Å²) in [6.45, 7) is 2.68. The lowest BCUT2D eigenvalue weighted by Crippen LogP contribution is -2.46. The summed E-state index contributed by atoms with van der Waals surface area (Å²) in [6.07, 6.45) is 1.36. The van der Waals surface area contributed by atoms with Crippen molar-refractivity contribution in [3.05, 3.63) is 29.8 Å². The average molecular weight is 292 g/mol. The lowest BCUT2D eigenvalue weighted by Gasteiger charge is -2.20. The first-order chi connectivity index (χ1) is 10.0. The second kappa shape index (κ2) is 6.69. The zero-order valence-corrected chi connectivity index (χ0v) is 12.0. The first kappa shape index (κ1) is 15.5. The van der Waals surface area contributed by atoms with Crippen LogP contribution in [0.4, 0.5) is 5.69 Å². The molecule has 114 valence electrons. The smallest absolute Gasteiger partial charge is 0.313 e. The van der Waals surface area contributed by atoms with Crippen molar-refractivity contribution in [1.29, 1.82) is 0 Å². The zero-order chi connectivity index (χ0) is 15.3. The summed E-state index contributed by atoms with van der Waals surface area (Å²) in [4.78, 5) is 23.4. The minimum Gasteiger partial charge on any atom is -0.386 e. The van der Waals surface area contributed by atoms with Crippen molar-refractivity contribution in [2.75, 3.05) is 25.1 Å². The van der Waals surface area contributed by atoms with Gasteiger partial charge in [0.2, 0.25) is 0 Å². The van der Waals surface area contributed by atoms with Crippen molar-refractivity contribution < 1.29 is 19.4 Å². The second-order valence-electron chi connectivity index (χ2n) is 5.21. The number of rotatable bonds is 4. The van der Waals surface area contributed by atoms with Crippen LogP contribution in [0.25, 0.3) is 0 Å². The molecule has 0 aliphatic carbocycles. The molecular formula is C15H20N2O4. The number of carbonyl (C=O) groups is 2. The number of aryl methyl sites for hydroxylation is 1. The van der Waals surface area contributed by atoms with Crippen LogP contribution in [-0.4, -0.2) is 42.3 Å². The van der Waals surface area contributed by atoms with Gasteiger partial charge in [0, 0.05) is 25.3 Å². The van der Waals surface area contributed by atoms with E-state index in [4.69, 9.17) is 4.74 Å². The molecule has 0 saturated carbocycles. The number of nitrogens with one attached hydrogen (secondary N) is 2. The molecule has 21 heavy (non-hydrogen) atoms. The molecule has 1 aromatic rings. The molecule has 0 unspecified atom stereocenters. The van der Waals surface area contributed by atoms with Gasteiger partial charge in [0.05, 0.1) is 6.61 Å². The van der Waals surface area contributed by atoms with Crippen LogP contribution in [0, 0.1) is 0 Å². The molecule has 1 fully saturated rings. The van der Waals surface area contributed by atoms with E-state index in [0.29, 0.717) is 18.7 Å². The van der Waals surface area contributed by atoms with Gasteiger partial charge in [-0.3, -0.25) is 9.59 Å². The van der Waals surface area contributed by atoms with Gasteiger partial charge in [-0.25, -0.2) is 0 Å². The van der Waals surface area contributed by atoms with E-state index >= 15 is 0 Å². The molecule has 6 heteroatoms. The van der Waals surface area contributed by atoms with Gasteiger partial charge >= 0.3 is 11.8 Å². The highest BCUT2D eigenvalue weighted by Gasteiger charge is 2.33. The fourth-order valence-corrected chi connectivity index (χ4v) is 2.07. The van der Waals surface area contributed by atoms with Gasteiger partial charge in [-0.2, -0.15) is 0 Å². The molecule has 1 saturated heterocycles. The molecule has 0 bridgehead atoms. The number of anilines is 1. The van der Waals surface area contributed by atoms with E-state index in [0.717, 1.165) is 12.0 Å². The minimum atomic E-state index is -1.07. The fourth-order valence-electron chi connectivity index (χ4n) is 2.07. The number of hydrogen-bond donors (Lipinski definition) is 3. The molecule has 0 aromatic heterocycles. The number of benzene rings is 1. The number of ether oxygens (including phenoxy) is 1. The van der Waals surface area contributed by atoms with Crippen molar-refractivity contribution in [1.82, 2.24) is 5.32 Å². The quantitative estimate of drug-likeness (QED) is 0.703. The predicted molar refractivity (Wildman–Crippen MR) is 77.8 cm³/mol. The maximum Gasteiger partial charge on any atom is 0.313 e. The first-order valence-electron chi connectivity index (χ1n) is 7.01. The summed E-state index contributed by atoms with van der Waals surface area (Å²) < 4.78 is 5.07. The van der Waals surface area contributed by atoms with Crippen molar-refractivity contribution in [3.63, 3.8) is 0 Å². The number of aliphatic hydroxyl groups is 1. The van der Waals surface area contributed by atoms with Gasteiger partial charge in [-0.05, 0) is 24.1 Å². The standard InChI is InChI=1S/C15H20N2O4/c1-2-11-3-5-12(6-4-11)17-14(19)13(18)16-9-15(20)7-8-21-10-15/h3-6,20H,2,7-10H2,1H3,(H,16,18)(H,17,19)/t15-/m1/s1. The Morgan fingerprint density at radius 2 is 2.00 bits per heavy atom.